The average Bonchev–Trinajstić information content (AvgIpc) is 3.88. The lowest BCUT2D eigenvalue weighted by molar-refractivity contribution is -0.190. The summed E-state index contributed by atoms with van der Waals surface area (Å²) in [6, 6.07) is 20.8. The Balaban J connectivity index is 0.924. The van der Waals surface area contributed by atoms with E-state index in [0.717, 1.165) is 49.0 Å². The molecule has 0 aliphatic carbocycles. The number of halogens is 2. The highest BCUT2D eigenvalue weighted by atomic mass is 35.5. The fourth-order valence-corrected chi connectivity index (χ4v) is 6.80. The van der Waals surface area contributed by atoms with Crippen LogP contribution < -0.4 is 20.2 Å². The van der Waals surface area contributed by atoms with Gasteiger partial charge in [0.1, 0.15) is 44.0 Å². The van der Waals surface area contributed by atoms with Gasteiger partial charge in [-0.15, -0.1) is 0 Å². The van der Waals surface area contributed by atoms with Gasteiger partial charge in [0.2, 0.25) is 5.79 Å². The molecule has 1 N–H and O–H groups in total. The van der Waals surface area contributed by atoms with E-state index in [1.807, 2.05) is 42.5 Å². The molecule has 0 amide bonds. The van der Waals surface area contributed by atoms with Crippen molar-refractivity contribution in [3.05, 3.63) is 112 Å². The number of rotatable bonds is 11. The van der Waals surface area contributed by atoms with E-state index in [9.17, 15) is 9.90 Å². The second-order valence-electron chi connectivity index (χ2n) is 12.5. The normalized spacial score (nSPS) is 20.6. The van der Waals surface area contributed by atoms with Gasteiger partial charge >= 0.3 is 5.69 Å². The number of hydrogen-bond donors (Lipinski definition) is 1. The van der Waals surface area contributed by atoms with Gasteiger partial charge in [-0.25, -0.2) is 23.7 Å². The zero-order valence-electron chi connectivity index (χ0n) is 27.7. The molecule has 3 aromatic carbocycles. The van der Waals surface area contributed by atoms with E-state index in [2.05, 4.69) is 37.1 Å². The highest BCUT2D eigenvalue weighted by Crippen LogP contribution is 2.40. The zero-order valence-corrected chi connectivity index (χ0v) is 29.2. The Labute approximate surface area is 299 Å². The van der Waals surface area contributed by atoms with Crippen LogP contribution in [0.4, 0.5) is 11.4 Å². The number of nitrogens with zero attached hydrogens (tertiary/aromatic N) is 8. The lowest BCUT2D eigenvalue weighted by Gasteiger charge is -2.37. The summed E-state index contributed by atoms with van der Waals surface area (Å²) in [5.74, 6) is -0.432. The fourth-order valence-electron chi connectivity index (χ4n) is 6.25. The van der Waals surface area contributed by atoms with E-state index in [1.165, 1.54) is 21.9 Å². The largest absolute Gasteiger partial charge is 0.491 e. The molecule has 4 heterocycles. The molecular formula is C35H38Cl2N8O5. The van der Waals surface area contributed by atoms with Gasteiger partial charge in [-0.3, -0.25) is 0 Å². The highest BCUT2D eigenvalue weighted by molar-refractivity contribution is 6.35. The molecule has 262 valence electrons. The Morgan fingerprint density at radius 2 is 1.58 bits per heavy atom. The Bertz CT molecular complexity index is 1940. The Morgan fingerprint density at radius 1 is 0.920 bits per heavy atom. The molecule has 2 aliphatic rings. The van der Waals surface area contributed by atoms with Crippen LogP contribution in [0, 0.1) is 0 Å². The van der Waals surface area contributed by atoms with Crippen LogP contribution in [0.3, 0.4) is 0 Å². The zero-order chi connectivity index (χ0) is 34.8. The number of hydrogen-bond acceptors (Lipinski definition) is 10. The third-order valence-electron chi connectivity index (χ3n) is 9.23. The van der Waals surface area contributed by atoms with Crippen molar-refractivity contribution in [2.24, 2.45) is 0 Å². The van der Waals surface area contributed by atoms with E-state index in [1.54, 1.807) is 37.0 Å². The van der Waals surface area contributed by atoms with Crippen molar-refractivity contribution in [2.45, 2.75) is 44.4 Å². The maximum absolute atomic E-state index is 12.8. The molecule has 0 spiro atoms. The highest BCUT2D eigenvalue weighted by Gasteiger charge is 2.45. The Hall–Kier alpha value is -4.40. The van der Waals surface area contributed by atoms with Crippen molar-refractivity contribution in [1.29, 1.82) is 0 Å². The lowest BCUT2D eigenvalue weighted by Crippen LogP contribution is -2.46. The quantitative estimate of drug-likeness (QED) is 0.208. The summed E-state index contributed by atoms with van der Waals surface area (Å²) >= 11 is 12.7. The maximum Gasteiger partial charge on any atom is 0.350 e. The van der Waals surface area contributed by atoms with E-state index in [4.69, 9.17) is 37.4 Å². The van der Waals surface area contributed by atoms with E-state index in [-0.39, 0.29) is 18.3 Å². The van der Waals surface area contributed by atoms with Crippen molar-refractivity contribution >= 4 is 34.6 Å². The minimum atomic E-state index is -1.17. The second-order valence-corrected chi connectivity index (χ2v) is 13.4. The summed E-state index contributed by atoms with van der Waals surface area (Å²) in [7, 11) is 0. The predicted molar refractivity (Wildman–Crippen MR) is 190 cm³/mol. The number of piperazine rings is 1. The molecule has 2 fully saturated rings. The van der Waals surface area contributed by atoms with Crippen LogP contribution >= 0.6 is 23.2 Å². The van der Waals surface area contributed by atoms with Gasteiger partial charge in [0.25, 0.3) is 0 Å². The van der Waals surface area contributed by atoms with Crippen LogP contribution in [0.5, 0.6) is 5.75 Å². The van der Waals surface area contributed by atoms with Crippen LogP contribution in [0.1, 0.15) is 25.5 Å². The summed E-state index contributed by atoms with van der Waals surface area (Å²) in [5.41, 5.74) is 3.33. The molecule has 15 heteroatoms. The maximum atomic E-state index is 12.8. The van der Waals surface area contributed by atoms with Crippen LogP contribution in [0.2, 0.25) is 10.0 Å². The fraction of sp³-hybridized carbons (Fsp3) is 0.371. The first-order valence-corrected chi connectivity index (χ1v) is 17.2. The van der Waals surface area contributed by atoms with Gasteiger partial charge < -0.3 is 29.1 Å². The molecule has 4 atom stereocenters. The van der Waals surface area contributed by atoms with Gasteiger partial charge in [-0.1, -0.05) is 29.3 Å². The summed E-state index contributed by atoms with van der Waals surface area (Å²) in [6.07, 6.45) is 3.53. The standard InChI is InChI=1S/C35H38Cl2N8O5/c1-24(25(2)46)45-34(47)44(23-40-45)29-6-4-27(5-7-29)41-13-15-42(16-14-41)28-8-10-30(11-9-28)48-18-31-19-49-35(50-31,20-43-22-38-21-39-43)32-12-3-26(36)17-33(32)37/h3-12,17,21-25,31,46H,13-16,18-20H2,1-2H3/t24?,25?,31-,35-/m1/s1. The van der Waals surface area contributed by atoms with Gasteiger partial charge in [0, 0.05) is 48.1 Å². The first-order valence-electron chi connectivity index (χ1n) is 16.5. The molecule has 5 aromatic rings. The molecule has 50 heavy (non-hydrogen) atoms. The summed E-state index contributed by atoms with van der Waals surface area (Å²) in [5, 5.41) is 19.2. The van der Waals surface area contributed by atoms with Gasteiger partial charge in [-0.2, -0.15) is 10.2 Å². The van der Waals surface area contributed by atoms with E-state index < -0.39 is 17.9 Å². The summed E-state index contributed by atoms with van der Waals surface area (Å²) in [4.78, 5) is 21.6. The topological polar surface area (TPSA) is 125 Å². The van der Waals surface area contributed by atoms with E-state index in [0.29, 0.717) is 28.8 Å². The minimum absolute atomic E-state index is 0.261. The number of benzene rings is 3. The predicted octanol–water partition coefficient (Wildman–Crippen LogP) is 4.55. The molecule has 2 unspecified atom stereocenters. The molecule has 2 aromatic heterocycles. The van der Waals surface area contributed by atoms with Crippen molar-refractivity contribution in [3.63, 3.8) is 0 Å². The molecular weight excluding hydrogens is 683 g/mol. The first-order chi connectivity index (χ1) is 24.2. The second kappa shape index (κ2) is 14.4. The smallest absolute Gasteiger partial charge is 0.350 e. The number of anilines is 2. The molecule has 0 bridgehead atoms. The molecule has 7 rings (SSSR count). The number of ether oxygens (including phenoxy) is 3. The van der Waals surface area contributed by atoms with Crippen LogP contribution in [0.15, 0.2) is 90.5 Å². The van der Waals surface area contributed by atoms with Gasteiger partial charge in [0.15, 0.2) is 0 Å². The monoisotopic (exact) mass is 720 g/mol. The number of aliphatic hydroxyl groups is 1. The van der Waals surface area contributed by atoms with E-state index >= 15 is 0 Å². The van der Waals surface area contributed by atoms with Crippen LogP contribution in [0.25, 0.3) is 5.69 Å². The van der Waals surface area contributed by atoms with Crippen molar-refractivity contribution in [1.82, 2.24) is 29.1 Å². The third kappa shape index (κ3) is 7.10. The summed E-state index contributed by atoms with van der Waals surface area (Å²) in [6.45, 7) is 7.71. The average molecular weight is 722 g/mol. The first kappa shape index (κ1) is 34.1. The molecule has 2 aliphatic heterocycles. The SMILES string of the molecule is CC(O)C(C)n1ncn(-c2ccc(N3CCN(c4ccc(OC[C@@H]5CO[C@@](Cn6cncn6)(c6ccc(Cl)cc6Cl)O5)cc4)CC3)cc2)c1=O. The number of aliphatic hydroxyl groups excluding tert-OH is 1. The molecule has 0 saturated carbocycles. The lowest BCUT2D eigenvalue weighted by atomic mass is 10.1. The summed E-state index contributed by atoms with van der Waals surface area (Å²) < 4.78 is 23.3. The minimum Gasteiger partial charge on any atom is -0.491 e. The van der Waals surface area contributed by atoms with Crippen LogP contribution in [-0.4, -0.2) is 85.8 Å². The Kier molecular flexibility index (Phi) is 9.84. The van der Waals surface area contributed by atoms with Crippen LogP contribution in [-0.2, 0) is 21.8 Å². The molecule has 2 saturated heterocycles. The van der Waals surface area contributed by atoms with Crippen molar-refractivity contribution in [2.75, 3.05) is 49.2 Å². The third-order valence-corrected chi connectivity index (χ3v) is 9.77. The Morgan fingerprint density at radius 3 is 2.20 bits per heavy atom. The van der Waals surface area contributed by atoms with Gasteiger partial charge in [0.05, 0.1) is 29.5 Å². The van der Waals surface area contributed by atoms with Crippen molar-refractivity contribution < 1.29 is 19.3 Å². The number of aromatic nitrogens is 6. The molecule has 13 nitrogen and oxygen atoms in total. The van der Waals surface area contributed by atoms with Crippen molar-refractivity contribution in [3.8, 4) is 11.4 Å². The van der Waals surface area contributed by atoms with Gasteiger partial charge in [-0.05, 0) is 74.5 Å². The molecule has 0 radical (unpaired) electrons.